The lowest BCUT2D eigenvalue weighted by atomic mass is 10.2. The van der Waals surface area contributed by atoms with Crippen LogP contribution in [0, 0.1) is 6.92 Å². The third kappa shape index (κ3) is 6.90. The molecule has 0 amide bonds. The van der Waals surface area contributed by atoms with Gasteiger partial charge in [0, 0.05) is 0 Å². The van der Waals surface area contributed by atoms with Crippen molar-refractivity contribution in [3.63, 3.8) is 0 Å². The molecule has 2 N–H and O–H groups in total. The summed E-state index contributed by atoms with van der Waals surface area (Å²) in [5.41, 5.74) is 0.551. The van der Waals surface area contributed by atoms with Gasteiger partial charge in [-0.2, -0.15) is 17.2 Å². The Morgan fingerprint density at radius 1 is 1.20 bits per heavy atom. The van der Waals surface area contributed by atoms with Gasteiger partial charge in [-0.25, -0.2) is 4.39 Å². The van der Waals surface area contributed by atoms with Crippen molar-refractivity contribution in [3.05, 3.63) is 41.7 Å². The highest BCUT2D eigenvalue weighted by Crippen LogP contribution is 2.13. The van der Waals surface area contributed by atoms with Crippen molar-refractivity contribution >= 4 is 16.1 Å². The van der Waals surface area contributed by atoms with Crippen LogP contribution in [0.1, 0.15) is 12.0 Å². The van der Waals surface area contributed by atoms with Crippen molar-refractivity contribution < 1.29 is 36.0 Å². The molecule has 0 unspecified atom stereocenters. The number of hydrogen-bond acceptors (Lipinski definition) is 3. The Labute approximate surface area is 113 Å². The minimum absolute atomic E-state index is 0.0278. The number of carboxylic acids is 1. The van der Waals surface area contributed by atoms with Gasteiger partial charge in [-0.3, -0.25) is 9.35 Å². The van der Waals surface area contributed by atoms with Gasteiger partial charge in [-0.15, -0.1) is 0 Å². The second-order valence-electron chi connectivity index (χ2n) is 3.48. The number of aryl methyl sites for hydroxylation is 1. The zero-order chi connectivity index (χ0) is 15.9. The number of rotatable bonds is 3. The molecule has 0 radical (unpaired) electrons. The first-order valence-corrected chi connectivity index (χ1v) is 6.44. The van der Waals surface area contributed by atoms with E-state index in [2.05, 4.69) is 0 Å². The van der Waals surface area contributed by atoms with Crippen LogP contribution < -0.4 is 0 Å². The molecule has 0 aliphatic carbocycles. The van der Waals surface area contributed by atoms with Crippen LogP contribution >= 0.6 is 0 Å². The van der Waals surface area contributed by atoms with Crippen LogP contribution in [0.15, 0.2) is 41.1 Å². The predicted octanol–water partition coefficient (Wildman–Crippen LogP) is 2.78. The Hall–Kier alpha value is -1.87. The molecule has 0 aliphatic rings. The van der Waals surface area contributed by atoms with Gasteiger partial charge in [0.25, 0.3) is 10.1 Å². The molecule has 20 heavy (non-hydrogen) atoms. The third-order valence-electron chi connectivity index (χ3n) is 1.88. The normalized spacial score (nSPS) is 10.2. The molecule has 9 heteroatoms. The Morgan fingerprint density at radius 3 is 1.95 bits per heavy atom. The fraction of sp³-hybridized carbons (Fsp3) is 0.182. The summed E-state index contributed by atoms with van der Waals surface area (Å²) in [5.74, 6) is -3.50. The smallest absolute Gasteiger partial charge is 0.310 e. The summed E-state index contributed by atoms with van der Waals surface area (Å²) >= 11 is 0. The summed E-state index contributed by atoms with van der Waals surface area (Å²) in [6.45, 7) is 1.63. The van der Waals surface area contributed by atoms with E-state index < -0.39 is 34.4 Å². The largest absolute Gasteiger partial charge is 0.481 e. The van der Waals surface area contributed by atoms with Gasteiger partial charge in [0.2, 0.25) is 0 Å². The molecule has 0 heterocycles. The van der Waals surface area contributed by atoms with Crippen LogP contribution in [0.25, 0.3) is 0 Å². The molecule has 5 nitrogen and oxygen atoms in total. The molecular formula is C11H11F3O5S. The molecule has 0 saturated carbocycles. The number of carbonyl (C=O) groups is 1. The van der Waals surface area contributed by atoms with Gasteiger partial charge in [-0.05, 0) is 18.6 Å². The molecule has 1 rings (SSSR count). The van der Waals surface area contributed by atoms with Gasteiger partial charge in [-0.1, -0.05) is 18.2 Å². The van der Waals surface area contributed by atoms with Crippen molar-refractivity contribution in [1.82, 2.24) is 0 Å². The van der Waals surface area contributed by atoms with Crippen LogP contribution in [-0.4, -0.2) is 24.0 Å². The second kappa shape index (κ2) is 7.65. The lowest BCUT2D eigenvalue weighted by Gasteiger charge is -1.99. The number of halogens is 3. The van der Waals surface area contributed by atoms with E-state index in [-0.39, 0.29) is 4.90 Å². The van der Waals surface area contributed by atoms with Gasteiger partial charge in [0.1, 0.15) is 6.42 Å². The number of carboxylic acid groups (broad SMARTS) is 1. The first-order valence-electron chi connectivity index (χ1n) is 5.00. The van der Waals surface area contributed by atoms with E-state index in [9.17, 15) is 26.4 Å². The topological polar surface area (TPSA) is 91.7 Å². The molecule has 0 saturated heterocycles. The Bertz CT molecular complexity index is 606. The maximum atomic E-state index is 11.5. The van der Waals surface area contributed by atoms with Gasteiger partial charge < -0.3 is 5.11 Å². The molecular weight excluding hydrogens is 301 g/mol. The fourth-order valence-corrected chi connectivity index (χ4v) is 1.77. The Morgan fingerprint density at radius 2 is 1.70 bits per heavy atom. The molecule has 0 bridgehead atoms. The zero-order valence-corrected chi connectivity index (χ0v) is 11.0. The minimum atomic E-state index is -4.03. The maximum Gasteiger partial charge on any atom is 0.310 e. The fourth-order valence-electron chi connectivity index (χ4n) is 1.05. The van der Waals surface area contributed by atoms with Crippen LogP contribution in [0.4, 0.5) is 13.2 Å². The zero-order valence-electron chi connectivity index (χ0n) is 10.2. The molecule has 0 aromatic heterocycles. The van der Waals surface area contributed by atoms with Gasteiger partial charge in [0.05, 0.1) is 4.90 Å². The van der Waals surface area contributed by atoms with Crippen molar-refractivity contribution in [2.75, 3.05) is 0 Å². The minimum Gasteiger partial charge on any atom is -0.481 e. The van der Waals surface area contributed by atoms with Crippen molar-refractivity contribution in [1.29, 1.82) is 0 Å². The van der Waals surface area contributed by atoms with Crippen molar-refractivity contribution in [2.24, 2.45) is 0 Å². The van der Waals surface area contributed by atoms with E-state index in [0.717, 1.165) is 0 Å². The first-order chi connectivity index (χ1) is 9.05. The number of aliphatic carboxylic acids is 1. The highest BCUT2D eigenvalue weighted by molar-refractivity contribution is 7.85. The molecule has 0 atom stereocenters. The average Bonchev–Trinajstić information content (AvgIpc) is 2.27. The summed E-state index contributed by atoms with van der Waals surface area (Å²) < 4.78 is 63.4. The van der Waals surface area contributed by atoms with Crippen LogP contribution in [0.5, 0.6) is 0 Å². The Kier molecular flexibility index (Phi) is 6.94. The van der Waals surface area contributed by atoms with E-state index in [0.29, 0.717) is 5.56 Å². The summed E-state index contributed by atoms with van der Waals surface area (Å²) in [6.07, 6.45) is -3.82. The molecule has 0 aliphatic heterocycles. The standard InChI is InChI=1S/C7H8O3S.C4H3F3O2/c1-6-4-2-3-5-7(6)11(8,9)10;5-2(4(6)7)1-3(8)9/h2-5H,1H3,(H,8,9,10);1H2,(H,8,9). The molecule has 1 aromatic rings. The van der Waals surface area contributed by atoms with Crippen LogP contribution in [0.3, 0.4) is 0 Å². The first kappa shape index (κ1) is 18.1. The maximum absolute atomic E-state index is 11.5. The SMILES string of the molecule is Cc1ccccc1S(=O)(=O)O.O=C(O)CC(F)=C(F)F. The second-order valence-corrected chi connectivity index (χ2v) is 4.87. The van der Waals surface area contributed by atoms with Gasteiger partial charge in [0.15, 0.2) is 5.83 Å². The summed E-state index contributed by atoms with van der Waals surface area (Å²) in [4.78, 5) is 9.48. The van der Waals surface area contributed by atoms with Crippen LogP contribution in [-0.2, 0) is 14.9 Å². The van der Waals surface area contributed by atoms with Crippen LogP contribution in [0.2, 0.25) is 0 Å². The van der Waals surface area contributed by atoms with Crippen molar-refractivity contribution in [3.8, 4) is 0 Å². The summed E-state index contributed by atoms with van der Waals surface area (Å²) in [5, 5.41) is 7.73. The number of benzene rings is 1. The predicted molar refractivity (Wildman–Crippen MR) is 63.6 cm³/mol. The highest BCUT2D eigenvalue weighted by Gasteiger charge is 2.10. The van der Waals surface area contributed by atoms with Crippen molar-refractivity contribution in [2.45, 2.75) is 18.2 Å². The average molecular weight is 312 g/mol. The lowest BCUT2D eigenvalue weighted by Crippen LogP contribution is -1.99. The lowest BCUT2D eigenvalue weighted by molar-refractivity contribution is -0.136. The van der Waals surface area contributed by atoms with E-state index in [1.807, 2.05) is 0 Å². The molecule has 112 valence electrons. The Balaban J connectivity index is 0.000000370. The van der Waals surface area contributed by atoms with E-state index in [1.165, 1.54) is 6.07 Å². The highest BCUT2D eigenvalue weighted by atomic mass is 32.2. The van der Waals surface area contributed by atoms with E-state index in [4.69, 9.17) is 9.66 Å². The number of hydrogen-bond donors (Lipinski definition) is 2. The third-order valence-corrected chi connectivity index (χ3v) is 2.90. The van der Waals surface area contributed by atoms with E-state index in [1.54, 1.807) is 25.1 Å². The van der Waals surface area contributed by atoms with E-state index >= 15 is 0 Å². The molecule has 0 spiro atoms. The summed E-state index contributed by atoms with van der Waals surface area (Å²) in [7, 11) is -4.03. The quantitative estimate of drug-likeness (QED) is 0.837. The molecule has 1 aromatic carbocycles. The summed E-state index contributed by atoms with van der Waals surface area (Å²) in [6, 6.07) is 6.27. The monoisotopic (exact) mass is 312 g/mol. The molecule has 0 fully saturated rings. The van der Waals surface area contributed by atoms with Gasteiger partial charge >= 0.3 is 12.0 Å².